The predicted molar refractivity (Wildman–Crippen MR) is 84.3 cm³/mol. The molecule has 1 unspecified atom stereocenters. The van der Waals surface area contributed by atoms with Crippen molar-refractivity contribution in [2.45, 2.75) is 26.9 Å². The van der Waals surface area contributed by atoms with Crippen LogP contribution in [-0.2, 0) is 19.1 Å². The Labute approximate surface area is 134 Å². The van der Waals surface area contributed by atoms with Crippen LogP contribution < -0.4 is 5.32 Å². The van der Waals surface area contributed by atoms with Crippen LogP contribution in [0.4, 0.5) is 16.2 Å². The molecule has 122 valence electrons. The normalized spacial score (nSPS) is 10.9. The molecule has 7 nitrogen and oxygen atoms in total. The number of rotatable bonds is 6. The van der Waals surface area contributed by atoms with Gasteiger partial charge in [0.2, 0.25) is 6.08 Å². The van der Waals surface area contributed by atoms with Crippen molar-refractivity contribution in [1.82, 2.24) is 0 Å². The SMILES string of the molecule is C=C(C)C(=O)OC(C)COC(=O)Nc1cccc(N=C=O)c1C. The molecule has 0 spiro atoms. The van der Waals surface area contributed by atoms with Crippen LogP contribution in [0.5, 0.6) is 0 Å². The van der Waals surface area contributed by atoms with Crippen LogP contribution in [0, 0.1) is 6.92 Å². The van der Waals surface area contributed by atoms with Gasteiger partial charge in [0.05, 0.1) is 5.69 Å². The van der Waals surface area contributed by atoms with Gasteiger partial charge in [0.15, 0.2) is 0 Å². The summed E-state index contributed by atoms with van der Waals surface area (Å²) in [5, 5.41) is 2.53. The van der Waals surface area contributed by atoms with E-state index < -0.39 is 18.2 Å². The topological polar surface area (TPSA) is 94.1 Å². The van der Waals surface area contributed by atoms with Gasteiger partial charge in [-0.2, -0.15) is 4.99 Å². The van der Waals surface area contributed by atoms with Gasteiger partial charge in [0.25, 0.3) is 0 Å². The van der Waals surface area contributed by atoms with Gasteiger partial charge in [-0.25, -0.2) is 14.4 Å². The largest absolute Gasteiger partial charge is 0.456 e. The number of carbonyl (C=O) groups is 2. The summed E-state index contributed by atoms with van der Waals surface area (Å²) in [6.45, 7) is 8.18. The lowest BCUT2D eigenvalue weighted by molar-refractivity contribution is -0.145. The molecule has 0 fully saturated rings. The molecule has 0 saturated heterocycles. The third kappa shape index (κ3) is 5.76. The zero-order chi connectivity index (χ0) is 17.4. The van der Waals surface area contributed by atoms with Crippen molar-refractivity contribution < 1.29 is 23.9 Å². The lowest BCUT2D eigenvalue weighted by Crippen LogP contribution is -2.24. The molecule has 23 heavy (non-hydrogen) atoms. The molecule has 1 amide bonds. The predicted octanol–water partition coefficient (Wildman–Crippen LogP) is 3.02. The maximum Gasteiger partial charge on any atom is 0.411 e. The van der Waals surface area contributed by atoms with Gasteiger partial charge in [0, 0.05) is 11.3 Å². The number of nitrogens with one attached hydrogen (secondary N) is 1. The summed E-state index contributed by atoms with van der Waals surface area (Å²) in [7, 11) is 0. The lowest BCUT2D eigenvalue weighted by Gasteiger charge is -2.14. The lowest BCUT2D eigenvalue weighted by atomic mass is 10.1. The molecule has 1 aromatic carbocycles. The van der Waals surface area contributed by atoms with E-state index in [1.807, 2.05) is 0 Å². The zero-order valence-electron chi connectivity index (χ0n) is 13.2. The van der Waals surface area contributed by atoms with E-state index in [1.165, 1.54) is 13.0 Å². The molecule has 0 aromatic heterocycles. The summed E-state index contributed by atoms with van der Waals surface area (Å²) in [6.07, 6.45) is 0.139. The number of anilines is 1. The molecule has 0 heterocycles. The van der Waals surface area contributed by atoms with Crippen LogP contribution in [-0.4, -0.2) is 30.9 Å². The van der Waals surface area contributed by atoms with Gasteiger partial charge in [0.1, 0.15) is 12.7 Å². The Bertz CT molecular complexity index is 662. The Hall–Kier alpha value is -2.92. The van der Waals surface area contributed by atoms with Gasteiger partial charge in [-0.1, -0.05) is 12.6 Å². The highest BCUT2D eigenvalue weighted by Crippen LogP contribution is 2.25. The number of ether oxygens (including phenoxy) is 2. The first-order valence-electron chi connectivity index (χ1n) is 6.83. The standard InChI is InChI=1S/C16H18N2O5/c1-10(2)15(20)23-11(3)8-22-16(21)18-14-7-5-6-13(12(14)4)17-9-19/h5-7,11H,1,8H2,2-4H3,(H,18,21). The number of hydrogen-bond donors (Lipinski definition) is 1. The summed E-state index contributed by atoms with van der Waals surface area (Å²) >= 11 is 0. The summed E-state index contributed by atoms with van der Waals surface area (Å²) in [6, 6.07) is 4.90. The molecule has 0 aliphatic carbocycles. The van der Waals surface area contributed by atoms with E-state index in [9.17, 15) is 14.4 Å². The Morgan fingerprint density at radius 3 is 2.74 bits per heavy atom. The second kappa shape index (κ2) is 8.51. The molecule has 0 aliphatic rings. The molecule has 0 radical (unpaired) electrons. The summed E-state index contributed by atoms with van der Waals surface area (Å²) in [5.41, 5.74) is 1.73. The monoisotopic (exact) mass is 318 g/mol. The van der Waals surface area contributed by atoms with Gasteiger partial charge >= 0.3 is 12.1 Å². The average Bonchev–Trinajstić information content (AvgIpc) is 2.49. The fourth-order valence-corrected chi connectivity index (χ4v) is 1.59. The zero-order valence-corrected chi connectivity index (χ0v) is 13.2. The molecule has 7 heteroatoms. The molecule has 1 rings (SSSR count). The van der Waals surface area contributed by atoms with Crippen LogP contribution in [0.2, 0.25) is 0 Å². The fraction of sp³-hybridized carbons (Fsp3) is 0.312. The highest BCUT2D eigenvalue weighted by atomic mass is 16.6. The second-order valence-electron chi connectivity index (χ2n) is 4.87. The van der Waals surface area contributed by atoms with E-state index in [0.29, 0.717) is 16.9 Å². The van der Waals surface area contributed by atoms with Crippen molar-refractivity contribution in [3.63, 3.8) is 0 Å². The number of hydrogen-bond acceptors (Lipinski definition) is 6. The van der Waals surface area contributed by atoms with Crippen molar-refractivity contribution in [2.75, 3.05) is 11.9 Å². The van der Waals surface area contributed by atoms with E-state index in [0.717, 1.165) is 0 Å². The number of benzene rings is 1. The highest BCUT2D eigenvalue weighted by molar-refractivity contribution is 5.87. The highest BCUT2D eigenvalue weighted by Gasteiger charge is 2.13. The van der Waals surface area contributed by atoms with Crippen molar-refractivity contribution in [2.24, 2.45) is 4.99 Å². The van der Waals surface area contributed by atoms with E-state index >= 15 is 0 Å². The first kappa shape index (κ1) is 18.1. The smallest absolute Gasteiger partial charge is 0.411 e. The first-order valence-corrected chi connectivity index (χ1v) is 6.83. The Kier molecular flexibility index (Phi) is 6.70. The summed E-state index contributed by atoms with van der Waals surface area (Å²) in [5.74, 6) is -0.545. The Morgan fingerprint density at radius 2 is 2.13 bits per heavy atom. The molecular formula is C16H18N2O5. The third-order valence-electron chi connectivity index (χ3n) is 2.81. The summed E-state index contributed by atoms with van der Waals surface area (Å²) < 4.78 is 9.96. The minimum atomic E-state index is -0.710. The van der Waals surface area contributed by atoms with Crippen LogP contribution in [0.25, 0.3) is 0 Å². The van der Waals surface area contributed by atoms with E-state index in [4.69, 9.17) is 9.47 Å². The molecule has 0 bridgehead atoms. The first-order chi connectivity index (χ1) is 10.8. The van der Waals surface area contributed by atoms with Crippen LogP contribution in [0.15, 0.2) is 35.3 Å². The molecule has 0 aliphatic heterocycles. The Morgan fingerprint density at radius 1 is 1.43 bits per heavy atom. The number of carbonyl (C=O) groups excluding carboxylic acids is 3. The van der Waals surface area contributed by atoms with Gasteiger partial charge in [-0.3, -0.25) is 5.32 Å². The molecular weight excluding hydrogens is 300 g/mol. The summed E-state index contributed by atoms with van der Waals surface area (Å²) in [4.78, 5) is 36.9. The number of isocyanates is 1. The van der Waals surface area contributed by atoms with Crippen molar-refractivity contribution in [1.29, 1.82) is 0 Å². The number of nitrogens with zero attached hydrogens (tertiary/aromatic N) is 1. The number of aliphatic imine (C=N–C) groups is 1. The van der Waals surface area contributed by atoms with E-state index in [1.54, 1.807) is 32.0 Å². The minimum absolute atomic E-state index is 0.101. The number of amides is 1. The van der Waals surface area contributed by atoms with Crippen LogP contribution >= 0.6 is 0 Å². The molecule has 1 N–H and O–H groups in total. The average molecular weight is 318 g/mol. The van der Waals surface area contributed by atoms with Crippen molar-refractivity contribution >= 4 is 29.5 Å². The van der Waals surface area contributed by atoms with E-state index in [2.05, 4.69) is 16.9 Å². The van der Waals surface area contributed by atoms with Crippen molar-refractivity contribution in [3.05, 3.63) is 35.9 Å². The van der Waals surface area contributed by atoms with Crippen LogP contribution in [0.3, 0.4) is 0 Å². The van der Waals surface area contributed by atoms with Crippen molar-refractivity contribution in [3.8, 4) is 0 Å². The quantitative estimate of drug-likeness (QED) is 0.376. The molecule has 1 aromatic rings. The molecule has 1 atom stereocenters. The van der Waals surface area contributed by atoms with Crippen LogP contribution in [0.1, 0.15) is 19.4 Å². The van der Waals surface area contributed by atoms with E-state index in [-0.39, 0.29) is 12.2 Å². The van der Waals surface area contributed by atoms with Gasteiger partial charge < -0.3 is 9.47 Å². The maximum atomic E-state index is 11.8. The maximum absolute atomic E-state index is 11.8. The Balaban J connectivity index is 2.58. The third-order valence-corrected chi connectivity index (χ3v) is 2.81. The number of esters is 1. The fourth-order valence-electron chi connectivity index (χ4n) is 1.59. The van der Waals surface area contributed by atoms with Gasteiger partial charge in [-0.05, 0) is 38.5 Å². The van der Waals surface area contributed by atoms with Gasteiger partial charge in [-0.15, -0.1) is 0 Å². The second-order valence-corrected chi connectivity index (χ2v) is 4.87. The minimum Gasteiger partial charge on any atom is -0.456 e. The molecule has 0 saturated carbocycles.